The molecule has 18 heavy (non-hydrogen) atoms. The monoisotopic (exact) mass is 257 g/mol. The smallest absolute Gasteiger partial charge is 0.153 e. The van der Waals surface area contributed by atoms with E-state index in [1.807, 2.05) is 0 Å². The van der Waals surface area contributed by atoms with Gasteiger partial charge >= 0.3 is 0 Å². The average Bonchev–Trinajstić information content (AvgIpc) is 2.38. The van der Waals surface area contributed by atoms with Gasteiger partial charge in [0.2, 0.25) is 0 Å². The summed E-state index contributed by atoms with van der Waals surface area (Å²) in [6.45, 7) is -0.312. The van der Waals surface area contributed by atoms with Gasteiger partial charge in [-0.15, -0.1) is 0 Å². The van der Waals surface area contributed by atoms with E-state index >= 15 is 0 Å². The van der Waals surface area contributed by atoms with E-state index in [1.54, 1.807) is 30.3 Å². The number of anilines is 1. The van der Waals surface area contributed by atoms with E-state index in [1.165, 1.54) is 0 Å². The zero-order valence-corrected chi connectivity index (χ0v) is 9.85. The summed E-state index contributed by atoms with van der Waals surface area (Å²) in [6, 6.07) is 8.67. The summed E-state index contributed by atoms with van der Waals surface area (Å²) < 4.78 is 0. The van der Waals surface area contributed by atoms with Gasteiger partial charge in [0.25, 0.3) is 0 Å². The van der Waals surface area contributed by atoms with Gasteiger partial charge in [0.1, 0.15) is 12.2 Å². The van der Waals surface area contributed by atoms with Gasteiger partial charge < -0.3 is 30.8 Å². The SMILES string of the molecule is OCCC(O)C(O)C(O)C(O)Nc1ccccc1. The minimum atomic E-state index is -1.56. The molecular formula is C12H19NO5. The number of rotatable bonds is 7. The Hall–Kier alpha value is -1.18. The molecule has 4 atom stereocenters. The van der Waals surface area contributed by atoms with Crippen molar-refractivity contribution >= 4 is 5.69 Å². The summed E-state index contributed by atoms with van der Waals surface area (Å²) in [5.41, 5.74) is 0.577. The van der Waals surface area contributed by atoms with Gasteiger partial charge in [0.15, 0.2) is 6.23 Å². The lowest BCUT2D eigenvalue weighted by molar-refractivity contribution is -0.101. The predicted molar refractivity (Wildman–Crippen MR) is 65.8 cm³/mol. The van der Waals surface area contributed by atoms with Crippen LogP contribution >= 0.6 is 0 Å². The maximum absolute atomic E-state index is 9.66. The maximum Gasteiger partial charge on any atom is 0.153 e. The van der Waals surface area contributed by atoms with Crippen molar-refractivity contribution in [3.63, 3.8) is 0 Å². The number of aliphatic hydroxyl groups is 5. The molecule has 0 saturated heterocycles. The highest BCUT2D eigenvalue weighted by Gasteiger charge is 2.29. The van der Waals surface area contributed by atoms with Crippen LogP contribution in [0.4, 0.5) is 5.69 Å². The largest absolute Gasteiger partial charge is 0.396 e. The van der Waals surface area contributed by atoms with Crippen molar-refractivity contribution in [2.75, 3.05) is 11.9 Å². The van der Waals surface area contributed by atoms with Crippen molar-refractivity contribution in [1.82, 2.24) is 0 Å². The van der Waals surface area contributed by atoms with Crippen LogP contribution in [0.5, 0.6) is 0 Å². The van der Waals surface area contributed by atoms with Crippen molar-refractivity contribution in [3.8, 4) is 0 Å². The van der Waals surface area contributed by atoms with Crippen molar-refractivity contribution in [1.29, 1.82) is 0 Å². The Balaban J connectivity index is 2.53. The van der Waals surface area contributed by atoms with Gasteiger partial charge in [0, 0.05) is 12.3 Å². The van der Waals surface area contributed by atoms with Crippen LogP contribution in [0.2, 0.25) is 0 Å². The third kappa shape index (κ3) is 4.25. The molecule has 102 valence electrons. The molecule has 0 bridgehead atoms. The number of aliphatic hydroxyl groups excluding tert-OH is 5. The number of nitrogens with one attached hydrogen (secondary N) is 1. The molecule has 0 aromatic heterocycles. The molecule has 0 amide bonds. The second kappa shape index (κ2) is 7.30. The van der Waals surface area contributed by atoms with E-state index in [0.29, 0.717) is 5.69 Å². The van der Waals surface area contributed by atoms with Crippen LogP contribution in [0.1, 0.15) is 6.42 Å². The Bertz CT molecular complexity index is 334. The summed E-state index contributed by atoms with van der Waals surface area (Å²) in [4.78, 5) is 0. The van der Waals surface area contributed by atoms with E-state index in [-0.39, 0.29) is 13.0 Å². The Labute approximate surface area is 105 Å². The molecule has 4 unspecified atom stereocenters. The first-order valence-electron chi connectivity index (χ1n) is 5.71. The molecule has 0 radical (unpaired) electrons. The lowest BCUT2D eigenvalue weighted by Crippen LogP contribution is -2.47. The zero-order chi connectivity index (χ0) is 13.5. The Morgan fingerprint density at radius 2 is 1.56 bits per heavy atom. The van der Waals surface area contributed by atoms with Gasteiger partial charge in [-0.3, -0.25) is 0 Å². The molecular weight excluding hydrogens is 238 g/mol. The molecule has 0 heterocycles. The standard InChI is InChI=1S/C12H19NO5/c14-7-6-9(15)10(16)11(17)12(18)13-8-4-2-1-3-5-8/h1-5,9-18H,6-7H2. The first kappa shape index (κ1) is 14.9. The molecule has 0 fully saturated rings. The maximum atomic E-state index is 9.66. The van der Waals surface area contributed by atoms with Crippen LogP contribution in [0.25, 0.3) is 0 Å². The Morgan fingerprint density at radius 1 is 0.944 bits per heavy atom. The molecule has 0 saturated carbocycles. The predicted octanol–water partition coefficient (Wildman–Crippen LogP) is -1.12. The summed E-state index contributed by atoms with van der Waals surface area (Å²) >= 11 is 0. The van der Waals surface area contributed by atoms with E-state index < -0.39 is 24.5 Å². The fourth-order valence-corrected chi connectivity index (χ4v) is 1.51. The first-order chi connectivity index (χ1) is 8.56. The molecule has 0 aliphatic rings. The van der Waals surface area contributed by atoms with Gasteiger partial charge in [0.05, 0.1) is 6.10 Å². The highest BCUT2D eigenvalue weighted by molar-refractivity contribution is 5.43. The Morgan fingerprint density at radius 3 is 2.11 bits per heavy atom. The number of hydrogen-bond donors (Lipinski definition) is 6. The van der Waals surface area contributed by atoms with Crippen LogP contribution in [0.3, 0.4) is 0 Å². The Kier molecular flexibility index (Phi) is 6.03. The van der Waals surface area contributed by atoms with Crippen LogP contribution in [-0.2, 0) is 0 Å². The van der Waals surface area contributed by atoms with Crippen LogP contribution in [0.15, 0.2) is 30.3 Å². The summed E-state index contributed by atoms with van der Waals surface area (Å²) in [5, 5.41) is 49.5. The van der Waals surface area contributed by atoms with E-state index in [0.717, 1.165) is 0 Å². The summed E-state index contributed by atoms with van der Waals surface area (Å²) in [5.74, 6) is 0. The summed E-state index contributed by atoms with van der Waals surface area (Å²) in [6.07, 6.45) is -5.89. The molecule has 0 aliphatic heterocycles. The van der Waals surface area contributed by atoms with Gasteiger partial charge in [-0.2, -0.15) is 0 Å². The molecule has 1 aromatic carbocycles. The van der Waals surface area contributed by atoms with Crippen molar-refractivity contribution < 1.29 is 25.5 Å². The second-order valence-electron chi connectivity index (χ2n) is 4.02. The van der Waals surface area contributed by atoms with Gasteiger partial charge in [-0.25, -0.2) is 0 Å². The zero-order valence-electron chi connectivity index (χ0n) is 9.85. The van der Waals surface area contributed by atoms with Crippen LogP contribution in [-0.4, -0.2) is 56.7 Å². The quantitative estimate of drug-likeness (QED) is 0.345. The van der Waals surface area contributed by atoms with Crippen molar-refractivity contribution in [2.24, 2.45) is 0 Å². The van der Waals surface area contributed by atoms with E-state index in [4.69, 9.17) is 5.11 Å². The molecule has 1 rings (SSSR count). The normalized spacial score (nSPS) is 17.8. The highest BCUT2D eigenvalue weighted by atomic mass is 16.4. The molecule has 6 heteroatoms. The topological polar surface area (TPSA) is 113 Å². The third-order valence-corrected chi connectivity index (χ3v) is 2.58. The summed E-state index contributed by atoms with van der Waals surface area (Å²) in [7, 11) is 0. The van der Waals surface area contributed by atoms with Gasteiger partial charge in [-0.1, -0.05) is 18.2 Å². The van der Waals surface area contributed by atoms with Gasteiger partial charge in [-0.05, 0) is 18.6 Å². The van der Waals surface area contributed by atoms with Crippen molar-refractivity contribution in [3.05, 3.63) is 30.3 Å². The van der Waals surface area contributed by atoms with E-state index in [9.17, 15) is 20.4 Å². The number of para-hydroxylation sites is 1. The molecule has 0 aliphatic carbocycles. The molecule has 1 aromatic rings. The third-order valence-electron chi connectivity index (χ3n) is 2.58. The lowest BCUT2D eigenvalue weighted by atomic mass is 10.0. The van der Waals surface area contributed by atoms with Crippen molar-refractivity contribution in [2.45, 2.75) is 31.0 Å². The van der Waals surface area contributed by atoms with Crippen LogP contribution < -0.4 is 5.32 Å². The number of hydrogen-bond acceptors (Lipinski definition) is 6. The first-order valence-corrected chi connectivity index (χ1v) is 5.71. The lowest BCUT2D eigenvalue weighted by Gasteiger charge is -2.27. The minimum absolute atomic E-state index is 0.0731. The molecule has 6 N–H and O–H groups in total. The average molecular weight is 257 g/mol. The number of benzene rings is 1. The van der Waals surface area contributed by atoms with E-state index in [2.05, 4.69) is 5.32 Å². The fourth-order valence-electron chi connectivity index (χ4n) is 1.51. The highest BCUT2D eigenvalue weighted by Crippen LogP contribution is 2.12. The van der Waals surface area contributed by atoms with Crippen LogP contribution in [0, 0.1) is 0 Å². The fraction of sp³-hybridized carbons (Fsp3) is 0.500. The minimum Gasteiger partial charge on any atom is -0.396 e. The second-order valence-corrected chi connectivity index (χ2v) is 4.02. The molecule has 6 nitrogen and oxygen atoms in total. The molecule has 0 spiro atoms.